The fourth-order valence-corrected chi connectivity index (χ4v) is 4.83. The summed E-state index contributed by atoms with van der Waals surface area (Å²) in [6.07, 6.45) is 8.32. The average Bonchev–Trinajstić information content (AvgIpc) is 1.98. The maximum Gasteiger partial charge on any atom is 0.0682 e. The molecule has 5 aliphatic rings. The van der Waals surface area contributed by atoms with Crippen LogP contribution >= 0.6 is 0 Å². The summed E-state index contributed by atoms with van der Waals surface area (Å²) in [5, 5.41) is 0. The van der Waals surface area contributed by atoms with Crippen LogP contribution < -0.4 is 0 Å². The van der Waals surface area contributed by atoms with Crippen molar-refractivity contribution in [3.8, 4) is 0 Å². The van der Waals surface area contributed by atoms with E-state index < -0.39 is 0 Å². The van der Waals surface area contributed by atoms with E-state index in [-0.39, 0.29) is 0 Å². The molecule has 1 spiro atoms. The first-order valence-electron chi connectivity index (χ1n) is 5.47. The normalized spacial score (nSPS) is 66.0. The first-order valence-corrected chi connectivity index (χ1v) is 5.47. The summed E-state index contributed by atoms with van der Waals surface area (Å²) in [6.45, 7) is 1.11. The molecule has 3 unspecified atom stereocenters. The molecule has 1 aliphatic heterocycles. The van der Waals surface area contributed by atoms with Crippen LogP contribution in [0.15, 0.2) is 0 Å². The molecular weight excluding hydrogens is 148 g/mol. The van der Waals surface area contributed by atoms with Crippen LogP contribution in [0, 0.1) is 23.2 Å². The van der Waals surface area contributed by atoms with Crippen molar-refractivity contribution in [2.75, 3.05) is 6.61 Å². The van der Waals surface area contributed by atoms with Gasteiger partial charge in [-0.05, 0) is 49.9 Å². The average molecular weight is 164 g/mol. The van der Waals surface area contributed by atoms with Crippen LogP contribution in [-0.2, 0) is 4.74 Å². The van der Waals surface area contributed by atoms with Crippen molar-refractivity contribution < 1.29 is 4.74 Å². The first-order chi connectivity index (χ1) is 5.86. The highest BCUT2D eigenvalue weighted by molar-refractivity contribution is 5.11. The zero-order valence-electron chi connectivity index (χ0n) is 7.46. The predicted molar refractivity (Wildman–Crippen MR) is 45.7 cm³/mol. The van der Waals surface area contributed by atoms with E-state index in [2.05, 4.69) is 0 Å². The molecule has 4 saturated carbocycles. The molecule has 0 amide bonds. The second-order valence-electron chi connectivity index (χ2n) is 5.70. The standard InChI is InChI=1S/C11H16O/c1-7-2-9-3-8(1)5-11(4-7)6-12-10(9)11/h7-10H,1-6H2. The van der Waals surface area contributed by atoms with E-state index >= 15 is 0 Å². The summed E-state index contributed by atoms with van der Waals surface area (Å²) in [6, 6.07) is 0. The summed E-state index contributed by atoms with van der Waals surface area (Å²) in [4.78, 5) is 0. The lowest BCUT2D eigenvalue weighted by atomic mass is 9.46. The van der Waals surface area contributed by atoms with E-state index in [0.29, 0.717) is 6.10 Å². The molecular formula is C11H16O. The molecule has 4 aliphatic carbocycles. The number of hydrogen-bond acceptors (Lipinski definition) is 1. The molecule has 4 bridgehead atoms. The van der Waals surface area contributed by atoms with Gasteiger partial charge in [0.1, 0.15) is 0 Å². The third kappa shape index (κ3) is 0.555. The first kappa shape index (κ1) is 6.42. The van der Waals surface area contributed by atoms with Gasteiger partial charge in [0.25, 0.3) is 0 Å². The van der Waals surface area contributed by atoms with Gasteiger partial charge in [-0.2, -0.15) is 0 Å². The zero-order valence-corrected chi connectivity index (χ0v) is 7.46. The van der Waals surface area contributed by atoms with Crippen LogP contribution in [0.4, 0.5) is 0 Å². The smallest absolute Gasteiger partial charge is 0.0682 e. The van der Waals surface area contributed by atoms with Crippen molar-refractivity contribution >= 4 is 0 Å². The molecule has 1 saturated heterocycles. The van der Waals surface area contributed by atoms with E-state index in [0.717, 1.165) is 29.8 Å². The van der Waals surface area contributed by atoms with Crippen molar-refractivity contribution in [3.63, 3.8) is 0 Å². The lowest BCUT2D eigenvalue weighted by Crippen LogP contribution is -2.65. The third-order valence-corrected chi connectivity index (χ3v) is 4.91. The highest BCUT2D eigenvalue weighted by Crippen LogP contribution is 2.64. The Morgan fingerprint density at radius 2 is 1.75 bits per heavy atom. The summed E-state index contributed by atoms with van der Waals surface area (Å²) in [7, 11) is 0. The Morgan fingerprint density at radius 3 is 2.25 bits per heavy atom. The van der Waals surface area contributed by atoms with E-state index in [4.69, 9.17) is 4.74 Å². The fraction of sp³-hybridized carbons (Fsp3) is 1.00. The van der Waals surface area contributed by atoms with Crippen LogP contribution in [0.1, 0.15) is 32.1 Å². The van der Waals surface area contributed by atoms with Gasteiger partial charge in [0.05, 0.1) is 12.7 Å². The van der Waals surface area contributed by atoms with Gasteiger partial charge in [0, 0.05) is 5.41 Å². The molecule has 5 fully saturated rings. The van der Waals surface area contributed by atoms with Crippen molar-refractivity contribution in [2.45, 2.75) is 38.2 Å². The molecule has 5 rings (SSSR count). The second-order valence-corrected chi connectivity index (χ2v) is 5.70. The molecule has 3 atom stereocenters. The van der Waals surface area contributed by atoms with Crippen LogP contribution in [0.2, 0.25) is 0 Å². The number of rotatable bonds is 0. The summed E-state index contributed by atoms with van der Waals surface area (Å²) in [5.41, 5.74) is 0.717. The van der Waals surface area contributed by atoms with Gasteiger partial charge >= 0.3 is 0 Å². The zero-order chi connectivity index (χ0) is 7.76. The lowest BCUT2D eigenvalue weighted by Gasteiger charge is -2.66. The van der Waals surface area contributed by atoms with E-state index in [1.165, 1.54) is 25.7 Å². The fourth-order valence-electron chi connectivity index (χ4n) is 4.83. The Balaban J connectivity index is 1.80. The van der Waals surface area contributed by atoms with Gasteiger partial charge in [-0.1, -0.05) is 0 Å². The largest absolute Gasteiger partial charge is 0.377 e. The Labute approximate surface area is 73.5 Å². The van der Waals surface area contributed by atoms with Gasteiger partial charge in [-0.25, -0.2) is 0 Å². The van der Waals surface area contributed by atoms with Gasteiger partial charge < -0.3 is 4.74 Å². The van der Waals surface area contributed by atoms with Crippen LogP contribution in [0.5, 0.6) is 0 Å². The predicted octanol–water partition coefficient (Wildman–Crippen LogP) is 2.21. The van der Waals surface area contributed by atoms with Gasteiger partial charge in [0.15, 0.2) is 0 Å². The topological polar surface area (TPSA) is 9.23 Å². The van der Waals surface area contributed by atoms with Gasteiger partial charge in [-0.3, -0.25) is 0 Å². The van der Waals surface area contributed by atoms with E-state index in [1.807, 2.05) is 0 Å². The molecule has 12 heavy (non-hydrogen) atoms. The van der Waals surface area contributed by atoms with E-state index in [1.54, 1.807) is 6.42 Å². The van der Waals surface area contributed by atoms with Crippen molar-refractivity contribution in [3.05, 3.63) is 0 Å². The van der Waals surface area contributed by atoms with E-state index in [9.17, 15) is 0 Å². The van der Waals surface area contributed by atoms with Crippen LogP contribution in [0.25, 0.3) is 0 Å². The molecule has 1 nitrogen and oxygen atoms in total. The van der Waals surface area contributed by atoms with Crippen molar-refractivity contribution in [1.82, 2.24) is 0 Å². The number of hydrogen-bond donors (Lipinski definition) is 0. The lowest BCUT2D eigenvalue weighted by molar-refractivity contribution is -0.286. The molecule has 0 N–H and O–H groups in total. The quantitative estimate of drug-likeness (QED) is 0.533. The molecule has 0 radical (unpaired) electrons. The minimum Gasteiger partial charge on any atom is -0.377 e. The molecule has 1 heteroatoms. The Kier molecular flexibility index (Phi) is 0.934. The van der Waals surface area contributed by atoms with Gasteiger partial charge in [0.2, 0.25) is 0 Å². The van der Waals surface area contributed by atoms with Crippen LogP contribution in [-0.4, -0.2) is 12.7 Å². The SMILES string of the molecule is C1C2CC3CC1CC1(COC31)C2. The minimum absolute atomic E-state index is 0.713. The summed E-state index contributed by atoms with van der Waals surface area (Å²) < 4.78 is 5.76. The van der Waals surface area contributed by atoms with Crippen LogP contribution in [0.3, 0.4) is 0 Å². The Bertz CT molecular complexity index is 221. The number of ether oxygens (including phenoxy) is 1. The maximum absolute atomic E-state index is 5.76. The minimum atomic E-state index is 0.713. The summed E-state index contributed by atoms with van der Waals surface area (Å²) >= 11 is 0. The highest BCUT2D eigenvalue weighted by Gasteiger charge is 2.62. The van der Waals surface area contributed by atoms with Crippen molar-refractivity contribution in [2.24, 2.45) is 23.2 Å². The molecule has 0 aromatic rings. The summed E-state index contributed by atoms with van der Waals surface area (Å²) in [5.74, 6) is 3.18. The molecule has 0 aromatic carbocycles. The Hall–Kier alpha value is -0.0400. The third-order valence-electron chi connectivity index (χ3n) is 4.91. The van der Waals surface area contributed by atoms with Gasteiger partial charge in [-0.15, -0.1) is 0 Å². The monoisotopic (exact) mass is 164 g/mol. The Morgan fingerprint density at radius 1 is 1.00 bits per heavy atom. The highest BCUT2D eigenvalue weighted by atomic mass is 16.5. The molecule has 1 heterocycles. The maximum atomic E-state index is 5.76. The second kappa shape index (κ2) is 1.75. The molecule has 66 valence electrons. The molecule has 0 aromatic heterocycles. The van der Waals surface area contributed by atoms with Crippen molar-refractivity contribution in [1.29, 1.82) is 0 Å².